The van der Waals surface area contributed by atoms with Crippen LogP contribution in [0.5, 0.6) is 0 Å². The van der Waals surface area contributed by atoms with Gasteiger partial charge in [-0.25, -0.2) is 0 Å². The minimum atomic E-state index is -0.480. The van der Waals surface area contributed by atoms with Crippen LogP contribution in [0.25, 0.3) is 17.0 Å². The first-order valence-corrected chi connectivity index (χ1v) is 9.86. The number of aromatic nitrogens is 1. The average molecular weight is 404 g/mol. The van der Waals surface area contributed by atoms with Gasteiger partial charge in [-0.2, -0.15) is 0 Å². The van der Waals surface area contributed by atoms with Crippen molar-refractivity contribution in [1.82, 2.24) is 9.88 Å². The van der Waals surface area contributed by atoms with E-state index in [1.165, 1.54) is 4.90 Å². The minimum absolute atomic E-state index is 0.0634. The summed E-state index contributed by atoms with van der Waals surface area (Å²) < 4.78 is 2.14. The Kier molecular flexibility index (Phi) is 4.80. The predicted octanol–water partition coefficient (Wildman–Crippen LogP) is 4.36. The standard InChI is InChI=1S/C23H21N3O2S/c1-14(2)25-13-16(17-9-5-7-11-20(17)25)12-18-21(27)24-23(29)26(22(18)28)19-10-6-4-8-15(19)3/h4-14H,1-3H3,(H,24,27,29)/b18-12+. The number of hydrogen-bond acceptors (Lipinski definition) is 3. The van der Waals surface area contributed by atoms with Crippen LogP contribution in [0.3, 0.4) is 0 Å². The Balaban J connectivity index is 1.84. The van der Waals surface area contributed by atoms with Crippen molar-refractivity contribution < 1.29 is 9.59 Å². The van der Waals surface area contributed by atoms with E-state index >= 15 is 0 Å². The zero-order valence-corrected chi connectivity index (χ0v) is 17.3. The fourth-order valence-electron chi connectivity index (χ4n) is 3.62. The minimum Gasteiger partial charge on any atom is -0.344 e. The van der Waals surface area contributed by atoms with Crippen LogP contribution in [0.4, 0.5) is 5.69 Å². The number of fused-ring (bicyclic) bond motifs is 1. The molecule has 1 N–H and O–H groups in total. The third kappa shape index (κ3) is 3.25. The van der Waals surface area contributed by atoms with Gasteiger partial charge >= 0.3 is 0 Å². The van der Waals surface area contributed by atoms with E-state index in [4.69, 9.17) is 12.2 Å². The van der Waals surface area contributed by atoms with Gasteiger partial charge in [-0.1, -0.05) is 36.4 Å². The van der Waals surface area contributed by atoms with Crippen molar-refractivity contribution in [3.05, 3.63) is 71.4 Å². The van der Waals surface area contributed by atoms with Crippen molar-refractivity contribution in [2.24, 2.45) is 0 Å². The smallest absolute Gasteiger partial charge is 0.270 e. The number of amides is 2. The lowest BCUT2D eigenvalue weighted by Gasteiger charge is -2.29. The van der Waals surface area contributed by atoms with Crippen LogP contribution in [-0.4, -0.2) is 21.5 Å². The Bertz CT molecular complexity index is 1190. The van der Waals surface area contributed by atoms with Gasteiger partial charge in [-0.15, -0.1) is 0 Å². The number of hydrogen-bond donors (Lipinski definition) is 1. The molecule has 0 atom stereocenters. The van der Waals surface area contributed by atoms with Crippen molar-refractivity contribution >= 4 is 51.8 Å². The van der Waals surface area contributed by atoms with Crippen LogP contribution in [-0.2, 0) is 9.59 Å². The maximum absolute atomic E-state index is 13.3. The number of carbonyl (C=O) groups excluding carboxylic acids is 2. The van der Waals surface area contributed by atoms with E-state index in [0.717, 1.165) is 22.0 Å². The van der Waals surface area contributed by atoms with Crippen molar-refractivity contribution in [2.75, 3.05) is 4.90 Å². The number of benzene rings is 2. The number of nitrogens with one attached hydrogen (secondary N) is 1. The van der Waals surface area contributed by atoms with E-state index in [1.54, 1.807) is 6.08 Å². The molecule has 5 nitrogen and oxygen atoms in total. The number of aryl methyl sites for hydroxylation is 1. The molecule has 0 bridgehead atoms. The second kappa shape index (κ2) is 7.29. The van der Waals surface area contributed by atoms with Gasteiger partial charge in [0.05, 0.1) is 5.69 Å². The van der Waals surface area contributed by atoms with Crippen LogP contribution in [0.2, 0.25) is 0 Å². The quantitative estimate of drug-likeness (QED) is 0.402. The lowest BCUT2D eigenvalue weighted by Crippen LogP contribution is -2.54. The molecule has 0 saturated carbocycles. The Morgan fingerprint density at radius 3 is 2.45 bits per heavy atom. The molecular formula is C23H21N3O2S. The molecule has 1 aliphatic rings. The lowest BCUT2D eigenvalue weighted by molar-refractivity contribution is -0.122. The number of anilines is 1. The summed E-state index contributed by atoms with van der Waals surface area (Å²) in [7, 11) is 0. The summed E-state index contributed by atoms with van der Waals surface area (Å²) in [5, 5.41) is 3.74. The van der Waals surface area contributed by atoms with Gasteiger partial charge in [-0.3, -0.25) is 19.8 Å². The first-order valence-electron chi connectivity index (χ1n) is 9.45. The highest BCUT2D eigenvalue weighted by Gasteiger charge is 2.35. The second-order valence-corrected chi connectivity index (χ2v) is 7.73. The van der Waals surface area contributed by atoms with E-state index < -0.39 is 11.8 Å². The Morgan fingerprint density at radius 1 is 1.03 bits per heavy atom. The van der Waals surface area contributed by atoms with Crippen molar-refractivity contribution in [2.45, 2.75) is 26.8 Å². The predicted molar refractivity (Wildman–Crippen MR) is 120 cm³/mol. The van der Waals surface area contributed by atoms with E-state index in [1.807, 2.05) is 61.7 Å². The molecule has 0 aliphatic carbocycles. The zero-order valence-electron chi connectivity index (χ0n) is 16.5. The van der Waals surface area contributed by atoms with Crippen LogP contribution >= 0.6 is 12.2 Å². The second-order valence-electron chi connectivity index (χ2n) is 7.35. The molecule has 0 radical (unpaired) electrons. The summed E-state index contributed by atoms with van der Waals surface area (Å²) in [4.78, 5) is 27.3. The van der Waals surface area contributed by atoms with Crippen molar-refractivity contribution in [3.63, 3.8) is 0 Å². The SMILES string of the molecule is Cc1ccccc1N1C(=O)/C(=C/c2cn(C(C)C)c3ccccc23)C(=O)NC1=S. The number of nitrogens with zero attached hydrogens (tertiary/aromatic N) is 2. The normalized spacial score (nSPS) is 16.2. The monoisotopic (exact) mass is 403 g/mol. The topological polar surface area (TPSA) is 54.3 Å². The summed E-state index contributed by atoms with van der Waals surface area (Å²) in [6.07, 6.45) is 3.64. The maximum atomic E-state index is 13.3. The highest BCUT2D eigenvalue weighted by molar-refractivity contribution is 7.80. The summed E-state index contributed by atoms with van der Waals surface area (Å²) >= 11 is 5.30. The average Bonchev–Trinajstić information content (AvgIpc) is 3.05. The molecule has 1 aromatic heterocycles. The molecule has 2 heterocycles. The molecule has 146 valence electrons. The Labute approximate surface area is 174 Å². The molecule has 6 heteroatoms. The van der Waals surface area contributed by atoms with Gasteiger partial charge in [0.15, 0.2) is 5.11 Å². The molecular weight excluding hydrogens is 382 g/mol. The first kappa shape index (κ1) is 19.1. The van der Waals surface area contributed by atoms with Crippen molar-refractivity contribution in [3.8, 4) is 0 Å². The highest BCUT2D eigenvalue weighted by Crippen LogP contribution is 2.29. The molecule has 2 aromatic carbocycles. The number of rotatable bonds is 3. The fourth-order valence-corrected chi connectivity index (χ4v) is 3.89. The molecule has 1 aliphatic heterocycles. The van der Waals surface area contributed by atoms with E-state index in [9.17, 15) is 9.59 Å². The summed E-state index contributed by atoms with van der Waals surface area (Å²) in [6.45, 7) is 6.10. The largest absolute Gasteiger partial charge is 0.344 e. The van der Waals surface area contributed by atoms with Gasteiger partial charge in [0.1, 0.15) is 5.57 Å². The third-order valence-electron chi connectivity index (χ3n) is 5.09. The molecule has 0 spiro atoms. The van der Waals surface area contributed by atoms with Gasteiger partial charge in [0, 0.05) is 28.7 Å². The van der Waals surface area contributed by atoms with Crippen LogP contribution in [0.1, 0.15) is 31.0 Å². The Hall–Kier alpha value is -3.25. The fraction of sp³-hybridized carbons (Fsp3) is 0.174. The van der Waals surface area contributed by atoms with Crippen molar-refractivity contribution in [1.29, 1.82) is 0 Å². The molecule has 1 fully saturated rings. The summed E-state index contributed by atoms with van der Waals surface area (Å²) in [5.41, 5.74) is 3.51. The molecule has 29 heavy (non-hydrogen) atoms. The van der Waals surface area contributed by atoms with E-state index in [-0.39, 0.29) is 16.7 Å². The van der Waals surface area contributed by atoms with Gasteiger partial charge in [0.2, 0.25) is 0 Å². The summed E-state index contributed by atoms with van der Waals surface area (Å²) in [5.74, 6) is -0.902. The number of para-hydroxylation sites is 2. The highest BCUT2D eigenvalue weighted by atomic mass is 32.1. The number of thiocarbonyl (C=S) groups is 1. The van der Waals surface area contributed by atoms with E-state index in [0.29, 0.717) is 5.69 Å². The number of carbonyl (C=O) groups is 2. The molecule has 3 aromatic rings. The van der Waals surface area contributed by atoms with E-state index in [2.05, 4.69) is 23.7 Å². The van der Waals surface area contributed by atoms with Crippen LogP contribution in [0.15, 0.2) is 60.3 Å². The first-order chi connectivity index (χ1) is 13.9. The van der Waals surface area contributed by atoms with Gasteiger partial charge in [0.25, 0.3) is 11.8 Å². The summed E-state index contributed by atoms with van der Waals surface area (Å²) in [6, 6.07) is 15.7. The molecule has 1 saturated heterocycles. The van der Waals surface area contributed by atoms with Crippen LogP contribution in [0, 0.1) is 6.92 Å². The van der Waals surface area contributed by atoms with Crippen LogP contribution < -0.4 is 10.2 Å². The third-order valence-corrected chi connectivity index (χ3v) is 5.37. The molecule has 4 rings (SSSR count). The molecule has 0 unspecified atom stereocenters. The Morgan fingerprint density at radius 2 is 1.72 bits per heavy atom. The molecule has 2 amide bonds. The van der Waals surface area contributed by atoms with Gasteiger partial charge < -0.3 is 4.57 Å². The van der Waals surface area contributed by atoms with Gasteiger partial charge in [-0.05, 0) is 56.8 Å². The lowest BCUT2D eigenvalue weighted by atomic mass is 10.1. The zero-order chi connectivity index (χ0) is 20.7. The maximum Gasteiger partial charge on any atom is 0.270 e.